The average molecular weight is 393 g/mol. The Kier molecular flexibility index (Phi) is 5.92. The molecule has 0 radical (unpaired) electrons. The first kappa shape index (κ1) is 18.1. The van der Waals surface area contributed by atoms with Crippen molar-refractivity contribution in [2.75, 3.05) is 11.1 Å². The molecule has 1 N–H and O–H groups in total. The van der Waals surface area contributed by atoms with Crippen molar-refractivity contribution in [1.29, 1.82) is 0 Å². The van der Waals surface area contributed by atoms with Gasteiger partial charge in [-0.1, -0.05) is 40.9 Å². The van der Waals surface area contributed by atoms with Gasteiger partial charge in [0.1, 0.15) is 5.75 Å². The molecular weight excluding hydrogens is 381 g/mol. The summed E-state index contributed by atoms with van der Waals surface area (Å²) in [6, 6.07) is 11.1. The Balaban J connectivity index is 2.06. The summed E-state index contributed by atoms with van der Waals surface area (Å²) in [4.78, 5) is 11.9. The van der Waals surface area contributed by atoms with E-state index in [1.165, 1.54) is 0 Å². The van der Waals surface area contributed by atoms with Gasteiger partial charge in [-0.2, -0.15) is 0 Å². The van der Waals surface area contributed by atoms with Crippen LogP contribution in [0.4, 0.5) is 5.69 Å². The van der Waals surface area contributed by atoms with Gasteiger partial charge in [-0.25, -0.2) is 8.42 Å². The van der Waals surface area contributed by atoms with Gasteiger partial charge >= 0.3 is 0 Å². The van der Waals surface area contributed by atoms with Crippen molar-refractivity contribution in [1.82, 2.24) is 0 Å². The third-order valence-electron chi connectivity index (χ3n) is 2.90. The van der Waals surface area contributed by atoms with E-state index in [0.29, 0.717) is 10.7 Å². The SMILES string of the molecule is O=C(CS(=O)(=O)Cc1c(Cl)cccc1Cl)Nc1ccc(Cl)cc1. The fourth-order valence-electron chi connectivity index (χ4n) is 1.87. The van der Waals surface area contributed by atoms with Gasteiger partial charge in [-0.3, -0.25) is 4.79 Å². The second-order valence-corrected chi connectivity index (χ2v) is 8.10. The van der Waals surface area contributed by atoms with Gasteiger partial charge in [0.15, 0.2) is 9.84 Å². The highest BCUT2D eigenvalue weighted by Crippen LogP contribution is 2.26. The molecule has 0 unspecified atom stereocenters. The van der Waals surface area contributed by atoms with Gasteiger partial charge in [0, 0.05) is 26.3 Å². The summed E-state index contributed by atoms with van der Waals surface area (Å²) in [5, 5.41) is 3.51. The summed E-state index contributed by atoms with van der Waals surface area (Å²) in [7, 11) is -3.71. The minimum Gasteiger partial charge on any atom is -0.325 e. The fourth-order valence-corrected chi connectivity index (χ4v) is 4.01. The first-order valence-corrected chi connectivity index (χ1v) is 9.41. The molecule has 2 aromatic rings. The maximum absolute atomic E-state index is 12.2. The van der Waals surface area contributed by atoms with E-state index in [1.807, 2.05) is 0 Å². The highest BCUT2D eigenvalue weighted by atomic mass is 35.5. The van der Waals surface area contributed by atoms with Crippen LogP contribution in [0.15, 0.2) is 42.5 Å². The lowest BCUT2D eigenvalue weighted by molar-refractivity contribution is -0.113. The molecule has 0 saturated heterocycles. The molecule has 0 spiro atoms. The number of rotatable bonds is 5. The predicted molar refractivity (Wildman–Crippen MR) is 94.0 cm³/mol. The number of carbonyl (C=O) groups is 1. The second kappa shape index (κ2) is 7.53. The van der Waals surface area contributed by atoms with E-state index < -0.39 is 27.3 Å². The molecule has 2 aromatic carbocycles. The third-order valence-corrected chi connectivity index (χ3v) is 5.30. The molecule has 0 aliphatic rings. The number of hydrogen-bond acceptors (Lipinski definition) is 3. The van der Waals surface area contributed by atoms with Gasteiger partial charge in [-0.15, -0.1) is 0 Å². The Morgan fingerprint density at radius 2 is 1.52 bits per heavy atom. The summed E-state index contributed by atoms with van der Waals surface area (Å²) in [6.45, 7) is 0. The Hall–Kier alpha value is -1.27. The number of carbonyl (C=O) groups excluding carboxylic acids is 1. The summed E-state index contributed by atoms with van der Waals surface area (Å²) in [6.07, 6.45) is 0. The second-order valence-electron chi connectivity index (χ2n) is 4.79. The van der Waals surface area contributed by atoms with Gasteiger partial charge in [0.2, 0.25) is 5.91 Å². The number of benzene rings is 2. The van der Waals surface area contributed by atoms with Crippen LogP contribution in [0, 0.1) is 0 Å². The lowest BCUT2D eigenvalue weighted by Crippen LogP contribution is -2.24. The molecular formula is C15H12Cl3NO3S. The molecule has 4 nitrogen and oxygen atoms in total. The van der Waals surface area contributed by atoms with Crippen LogP contribution in [-0.2, 0) is 20.4 Å². The molecule has 0 fully saturated rings. The normalized spacial score (nSPS) is 11.3. The predicted octanol–water partition coefficient (Wildman–Crippen LogP) is 4.20. The van der Waals surface area contributed by atoms with E-state index in [0.717, 1.165) is 0 Å². The van der Waals surface area contributed by atoms with E-state index in [9.17, 15) is 13.2 Å². The van der Waals surface area contributed by atoms with Crippen molar-refractivity contribution >= 4 is 56.2 Å². The van der Waals surface area contributed by atoms with Crippen LogP contribution in [0.5, 0.6) is 0 Å². The molecule has 0 aliphatic carbocycles. The first-order chi connectivity index (χ1) is 10.8. The zero-order valence-electron chi connectivity index (χ0n) is 11.7. The maximum Gasteiger partial charge on any atom is 0.239 e. The molecule has 1 amide bonds. The maximum atomic E-state index is 12.2. The quantitative estimate of drug-likeness (QED) is 0.829. The number of anilines is 1. The Labute approximate surface area is 149 Å². The minimum atomic E-state index is -3.71. The summed E-state index contributed by atoms with van der Waals surface area (Å²) < 4.78 is 24.3. The van der Waals surface area contributed by atoms with Gasteiger partial charge in [0.05, 0.1) is 5.75 Å². The summed E-state index contributed by atoms with van der Waals surface area (Å²) in [5.41, 5.74) is 0.750. The summed E-state index contributed by atoms with van der Waals surface area (Å²) >= 11 is 17.7. The van der Waals surface area contributed by atoms with Crippen molar-refractivity contribution in [3.05, 3.63) is 63.1 Å². The van der Waals surface area contributed by atoms with Gasteiger partial charge in [0.25, 0.3) is 0 Å². The van der Waals surface area contributed by atoms with Crippen LogP contribution in [0.3, 0.4) is 0 Å². The van der Waals surface area contributed by atoms with Crippen LogP contribution in [0.2, 0.25) is 15.1 Å². The number of sulfone groups is 1. The Morgan fingerprint density at radius 1 is 0.957 bits per heavy atom. The fraction of sp³-hybridized carbons (Fsp3) is 0.133. The number of amides is 1. The van der Waals surface area contributed by atoms with E-state index in [2.05, 4.69) is 5.32 Å². The van der Waals surface area contributed by atoms with Crippen molar-refractivity contribution < 1.29 is 13.2 Å². The highest BCUT2D eigenvalue weighted by Gasteiger charge is 2.20. The van der Waals surface area contributed by atoms with E-state index in [4.69, 9.17) is 34.8 Å². The topological polar surface area (TPSA) is 63.2 Å². The molecule has 23 heavy (non-hydrogen) atoms. The molecule has 0 bridgehead atoms. The van der Waals surface area contributed by atoms with Gasteiger partial charge in [-0.05, 0) is 36.4 Å². The molecule has 0 aromatic heterocycles. The third kappa shape index (κ3) is 5.39. The molecule has 0 saturated carbocycles. The number of halogens is 3. The number of nitrogens with one attached hydrogen (secondary N) is 1. The van der Waals surface area contributed by atoms with Gasteiger partial charge < -0.3 is 5.32 Å². The molecule has 0 atom stereocenters. The zero-order chi connectivity index (χ0) is 17.0. The Bertz CT molecular complexity index is 800. The first-order valence-electron chi connectivity index (χ1n) is 6.45. The largest absolute Gasteiger partial charge is 0.325 e. The van der Waals surface area contributed by atoms with Crippen molar-refractivity contribution in [2.24, 2.45) is 0 Å². The Morgan fingerprint density at radius 3 is 2.09 bits per heavy atom. The smallest absolute Gasteiger partial charge is 0.239 e. The minimum absolute atomic E-state index is 0.249. The highest BCUT2D eigenvalue weighted by molar-refractivity contribution is 7.91. The number of hydrogen-bond donors (Lipinski definition) is 1. The van der Waals surface area contributed by atoms with E-state index >= 15 is 0 Å². The molecule has 122 valence electrons. The summed E-state index contributed by atoms with van der Waals surface area (Å²) in [5.74, 6) is -1.72. The standard InChI is InChI=1S/C15H12Cl3NO3S/c16-10-4-6-11(7-5-10)19-15(20)9-23(21,22)8-12-13(17)2-1-3-14(12)18/h1-7H,8-9H2,(H,19,20). The molecule has 0 heterocycles. The zero-order valence-corrected chi connectivity index (χ0v) is 14.8. The van der Waals surface area contributed by atoms with Crippen LogP contribution in [-0.4, -0.2) is 20.1 Å². The van der Waals surface area contributed by atoms with Crippen molar-refractivity contribution in [2.45, 2.75) is 5.75 Å². The van der Waals surface area contributed by atoms with Crippen molar-refractivity contribution in [3.8, 4) is 0 Å². The van der Waals surface area contributed by atoms with E-state index in [1.54, 1.807) is 42.5 Å². The lowest BCUT2D eigenvalue weighted by atomic mass is 10.2. The monoisotopic (exact) mass is 391 g/mol. The average Bonchev–Trinajstić information content (AvgIpc) is 2.45. The molecule has 2 rings (SSSR count). The molecule has 0 aliphatic heterocycles. The van der Waals surface area contributed by atoms with Crippen LogP contribution < -0.4 is 5.32 Å². The van der Waals surface area contributed by atoms with Crippen LogP contribution in [0.25, 0.3) is 0 Å². The lowest BCUT2D eigenvalue weighted by Gasteiger charge is -2.09. The molecule has 8 heteroatoms. The van der Waals surface area contributed by atoms with E-state index in [-0.39, 0.29) is 15.6 Å². The van der Waals surface area contributed by atoms with Crippen molar-refractivity contribution in [3.63, 3.8) is 0 Å². The van der Waals surface area contributed by atoms with Crippen LogP contribution in [0.1, 0.15) is 5.56 Å². The van der Waals surface area contributed by atoms with Crippen LogP contribution >= 0.6 is 34.8 Å².